The SMILES string of the molecule is CC(CCC(=O)NC=O)N1C(=O)c2cccc(OCC(=O)NCCCCCCCCCC=O)c2C1=O. The Hall–Kier alpha value is -3.56. The number of imide groups is 2. The van der Waals surface area contributed by atoms with Gasteiger partial charge in [-0.3, -0.25) is 34.2 Å². The van der Waals surface area contributed by atoms with E-state index in [1.54, 1.807) is 13.0 Å². The fourth-order valence-electron chi connectivity index (χ4n) is 4.06. The van der Waals surface area contributed by atoms with Crippen LogP contribution in [0.5, 0.6) is 5.75 Å². The molecule has 196 valence electrons. The Morgan fingerprint density at radius 1 is 0.972 bits per heavy atom. The van der Waals surface area contributed by atoms with E-state index >= 15 is 0 Å². The number of carbonyl (C=O) groups excluding carboxylic acids is 6. The van der Waals surface area contributed by atoms with E-state index in [9.17, 15) is 28.8 Å². The number of benzene rings is 1. The average Bonchev–Trinajstić information content (AvgIpc) is 3.13. The summed E-state index contributed by atoms with van der Waals surface area (Å²) in [5.74, 6) is -1.68. The standard InChI is InChI=1S/C26H35N3O7/c1-19(13-14-22(32)28-18-31)29-25(34)20-11-10-12-21(24(20)26(29)35)36-17-23(33)27-15-8-6-4-2-3-5-7-9-16-30/h10-12,16,18-19H,2-9,13-15,17H2,1H3,(H,27,33)(H,28,31,32). The zero-order chi connectivity index (χ0) is 26.3. The lowest BCUT2D eigenvalue weighted by Crippen LogP contribution is -2.38. The van der Waals surface area contributed by atoms with Crippen LogP contribution in [-0.4, -0.2) is 60.4 Å². The maximum absolute atomic E-state index is 13.0. The Labute approximate surface area is 211 Å². The molecule has 10 heteroatoms. The van der Waals surface area contributed by atoms with Crippen LogP contribution in [0, 0.1) is 0 Å². The highest BCUT2D eigenvalue weighted by molar-refractivity contribution is 6.22. The summed E-state index contributed by atoms with van der Waals surface area (Å²) < 4.78 is 5.59. The minimum atomic E-state index is -0.567. The van der Waals surface area contributed by atoms with Crippen LogP contribution in [-0.2, 0) is 19.2 Å². The summed E-state index contributed by atoms with van der Waals surface area (Å²) in [6.07, 6.45) is 9.23. The van der Waals surface area contributed by atoms with Gasteiger partial charge in [-0.2, -0.15) is 0 Å². The monoisotopic (exact) mass is 501 g/mol. The van der Waals surface area contributed by atoms with Gasteiger partial charge in [0.15, 0.2) is 6.61 Å². The fourth-order valence-corrected chi connectivity index (χ4v) is 4.06. The molecular weight excluding hydrogens is 466 g/mol. The first-order valence-corrected chi connectivity index (χ1v) is 12.5. The normalized spacial score (nSPS) is 13.2. The van der Waals surface area contributed by atoms with E-state index in [4.69, 9.17) is 4.74 Å². The highest BCUT2D eigenvalue weighted by atomic mass is 16.5. The van der Waals surface area contributed by atoms with Crippen molar-refractivity contribution in [2.45, 2.75) is 77.2 Å². The fraction of sp³-hybridized carbons (Fsp3) is 0.538. The van der Waals surface area contributed by atoms with Crippen molar-refractivity contribution in [1.82, 2.24) is 15.5 Å². The average molecular weight is 502 g/mol. The zero-order valence-electron chi connectivity index (χ0n) is 20.8. The number of hydrogen-bond donors (Lipinski definition) is 2. The zero-order valence-corrected chi connectivity index (χ0v) is 20.8. The highest BCUT2D eigenvalue weighted by Crippen LogP contribution is 2.32. The summed E-state index contributed by atoms with van der Waals surface area (Å²) in [7, 11) is 0. The highest BCUT2D eigenvalue weighted by Gasteiger charge is 2.40. The van der Waals surface area contributed by atoms with Gasteiger partial charge in [-0.15, -0.1) is 0 Å². The predicted molar refractivity (Wildman–Crippen MR) is 131 cm³/mol. The molecule has 1 atom stereocenters. The molecule has 10 nitrogen and oxygen atoms in total. The molecule has 2 N–H and O–H groups in total. The van der Waals surface area contributed by atoms with Crippen molar-refractivity contribution in [3.8, 4) is 5.75 Å². The second-order valence-corrected chi connectivity index (χ2v) is 8.80. The first-order valence-electron chi connectivity index (χ1n) is 12.5. The molecule has 1 aromatic rings. The van der Waals surface area contributed by atoms with Crippen molar-refractivity contribution < 1.29 is 33.5 Å². The summed E-state index contributed by atoms with van der Waals surface area (Å²) in [6.45, 7) is 1.90. The summed E-state index contributed by atoms with van der Waals surface area (Å²) in [5, 5.41) is 4.82. The van der Waals surface area contributed by atoms with Gasteiger partial charge in [0.25, 0.3) is 17.7 Å². The minimum absolute atomic E-state index is 0.0156. The number of fused-ring (bicyclic) bond motifs is 1. The molecule has 1 aliphatic heterocycles. The van der Waals surface area contributed by atoms with Gasteiger partial charge < -0.3 is 14.8 Å². The molecule has 1 aromatic carbocycles. The molecule has 0 saturated heterocycles. The van der Waals surface area contributed by atoms with Crippen molar-refractivity contribution in [1.29, 1.82) is 0 Å². The lowest BCUT2D eigenvalue weighted by molar-refractivity contribution is -0.125. The van der Waals surface area contributed by atoms with Crippen molar-refractivity contribution >= 4 is 36.3 Å². The summed E-state index contributed by atoms with van der Waals surface area (Å²) >= 11 is 0. The van der Waals surface area contributed by atoms with Crippen LogP contribution in [0.3, 0.4) is 0 Å². The van der Waals surface area contributed by atoms with Gasteiger partial charge in [0.1, 0.15) is 12.0 Å². The maximum Gasteiger partial charge on any atom is 0.265 e. The van der Waals surface area contributed by atoms with Gasteiger partial charge in [-0.05, 0) is 38.3 Å². The molecule has 5 amide bonds. The van der Waals surface area contributed by atoms with Gasteiger partial charge in [0, 0.05) is 25.4 Å². The van der Waals surface area contributed by atoms with E-state index in [1.165, 1.54) is 12.1 Å². The molecule has 1 heterocycles. The third-order valence-corrected chi connectivity index (χ3v) is 6.04. The van der Waals surface area contributed by atoms with Gasteiger partial charge in [0.05, 0.1) is 11.1 Å². The Kier molecular flexibility index (Phi) is 12.3. The molecule has 0 radical (unpaired) electrons. The summed E-state index contributed by atoms with van der Waals surface area (Å²) in [4.78, 5) is 71.3. The molecule has 2 rings (SSSR count). The number of ether oxygens (including phenoxy) is 1. The lowest BCUT2D eigenvalue weighted by Gasteiger charge is -2.22. The Morgan fingerprint density at radius 3 is 2.36 bits per heavy atom. The largest absolute Gasteiger partial charge is 0.483 e. The molecular formula is C26H35N3O7. The van der Waals surface area contributed by atoms with E-state index in [-0.39, 0.29) is 48.6 Å². The molecule has 1 aliphatic rings. The molecule has 0 aliphatic carbocycles. The van der Waals surface area contributed by atoms with Crippen LogP contribution < -0.4 is 15.4 Å². The number of aldehydes is 1. The number of hydrogen-bond acceptors (Lipinski definition) is 7. The molecule has 36 heavy (non-hydrogen) atoms. The van der Waals surface area contributed by atoms with Crippen molar-refractivity contribution in [2.75, 3.05) is 13.2 Å². The first-order chi connectivity index (χ1) is 17.4. The van der Waals surface area contributed by atoms with Crippen LogP contribution in [0.15, 0.2) is 18.2 Å². The third kappa shape index (κ3) is 8.58. The lowest BCUT2D eigenvalue weighted by atomic mass is 10.1. The third-order valence-electron chi connectivity index (χ3n) is 6.04. The van der Waals surface area contributed by atoms with Crippen molar-refractivity contribution in [3.63, 3.8) is 0 Å². The molecule has 0 aromatic heterocycles. The topological polar surface area (TPSA) is 139 Å². The van der Waals surface area contributed by atoms with Crippen molar-refractivity contribution in [3.05, 3.63) is 29.3 Å². The number of unbranched alkanes of at least 4 members (excludes halogenated alkanes) is 7. The van der Waals surface area contributed by atoms with E-state index in [1.807, 2.05) is 5.32 Å². The van der Waals surface area contributed by atoms with Crippen LogP contribution in [0.1, 0.15) is 91.8 Å². The van der Waals surface area contributed by atoms with Crippen LogP contribution >= 0.6 is 0 Å². The number of amides is 5. The van der Waals surface area contributed by atoms with E-state index < -0.39 is 23.8 Å². The first kappa shape index (κ1) is 28.7. The number of nitrogens with one attached hydrogen (secondary N) is 2. The molecule has 1 unspecified atom stereocenters. The van der Waals surface area contributed by atoms with Crippen LogP contribution in [0.25, 0.3) is 0 Å². The van der Waals surface area contributed by atoms with Gasteiger partial charge in [-0.25, -0.2) is 0 Å². The molecule has 0 saturated carbocycles. The Morgan fingerprint density at radius 2 is 1.67 bits per heavy atom. The number of nitrogens with zero attached hydrogens (tertiary/aromatic N) is 1. The predicted octanol–water partition coefficient (Wildman–Crippen LogP) is 2.54. The van der Waals surface area contributed by atoms with E-state index in [0.29, 0.717) is 13.0 Å². The summed E-state index contributed by atoms with van der Waals surface area (Å²) in [6, 6.07) is 4.08. The quantitative estimate of drug-likeness (QED) is 0.179. The second-order valence-electron chi connectivity index (χ2n) is 8.80. The molecule has 0 bridgehead atoms. The molecule has 0 spiro atoms. The van der Waals surface area contributed by atoms with Gasteiger partial charge in [-0.1, -0.05) is 38.2 Å². The second kappa shape index (κ2) is 15.4. The molecule has 0 fully saturated rings. The Bertz CT molecular complexity index is 947. The number of carbonyl (C=O) groups is 6. The van der Waals surface area contributed by atoms with E-state index in [0.717, 1.165) is 56.1 Å². The maximum atomic E-state index is 13.0. The van der Waals surface area contributed by atoms with Crippen LogP contribution in [0.2, 0.25) is 0 Å². The smallest absolute Gasteiger partial charge is 0.265 e. The minimum Gasteiger partial charge on any atom is -0.483 e. The van der Waals surface area contributed by atoms with Crippen LogP contribution in [0.4, 0.5) is 0 Å². The van der Waals surface area contributed by atoms with Gasteiger partial charge >= 0.3 is 0 Å². The van der Waals surface area contributed by atoms with Gasteiger partial charge in [0.2, 0.25) is 12.3 Å². The number of rotatable bonds is 18. The Balaban J connectivity index is 1.78. The van der Waals surface area contributed by atoms with E-state index in [2.05, 4.69) is 5.32 Å². The van der Waals surface area contributed by atoms with Crippen molar-refractivity contribution in [2.24, 2.45) is 0 Å². The summed E-state index contributed by atoms with van der Waals surface area (Å²) in [5.41, 5.74) is 0.292.